The molecule has 36 heavy (non-hydrogen) atoms. The third-order valence-corrected chi connectivity index (χ3v) is 11.3. The standard InChI is InChI=1S/C29H36N2O4S/c1-5-23(24-14-10-9-11-20(24)2)26(30-35-18-21-12-7-6-8-13-21)27(32)31-25-17-22-15-16-29(25,28(22,3)4)19-36(31,33)34/h5-14,22-23,25-26,30H,1,15-19H2,2-4H3/t22-,23+,25-,26+,29-/m1/s1. The highest BCUT2D eigenvalue weighted by Crippen LogP contribution is 2.70. The Hall–Kier alpha value is -2.48. The van der Waals surface area contributed by atoms with Gasteiger partial charge in [-0.25, -0.2) is 12.7 Å². The fourth-order valence-corrected chi connectivity index (χ4v) is 9.75. The number of carbonyl (C=O) groups is 1. The summed E-state index contributed by atoms with van der Waals surface area (Å²) < 4.78 is 28.5. The number of hydrogen-bond acceptors (Lipinski definition) is 5. The summed E-state index contributed by atoms with van der Waals surface area (Å²) in [4.78, 5) is 20.1. The first kappa shape index (κ1) is 25.2. The van der Waals surface area contributed by atoms with Gasteiger partial charge in [0.15, 0.2) is 0 Å². The maximum Gasteiger partial charge on any atom is 0.256 e. The molecular formula is C29H36N2O4S. The number of carbonyl (C=O) groups excluding carboxylic acids is 1. The van der Waals surface area contributed by atoms with Crippen LogP contribution >= 0.6 is 0 Å². The first-order valence-electron chi connectivity index (χ1n) is 12.8. The fraction of sp³-hybridized carbons (Fsp3) is 0.483. The molecule has 2 aromatic carbocycles. The van der Waals surface area contributed by atoms with E-state index in [1.807, 2.05) is 61.5 Å². The summed E-state index contributed by atoms with van der Waals surface area (Å²) >= 11 is 0. The van der Waals surface area contributed by atoms with Gasteiger partial charge in [-0.05, 0) is 54.2 Å². The highest BCUT2D eigenvalue weighted by molar-refractivity contribution is 7.90. The maximum absolute atomic E-state index is 14.3. The fourth-order valence-electron chi connectivity index (χ4n) is 7.19. The van der Waals surface area contributed by atoms with Crippen LogP contribution in [0.2, 0.25) is 0 Å². The molecule has 3 fully saturated rings. The van der Waals surface area contributed by atoms with Crippen molar-refractivity contribution in [1.29, 1.82) is 0 Å². The zero-order valence-corrected chi connectivity index (χ0v) is 22.1. The predicted octanol–water partition coefficient (Wildman–Crippen LogP) is 4.72. The minimum atomic E-state index is -3.76. The van der Waals surface area contributed by atoms with Crippen LogP contribution in [0.3, 0.4) is 0 Å². The monoisotopic (exact) mass is 508 g/mol. The second kappa shape index (κ2) is 9.12. The Kier molecular flexibility index (Phi) is 6.38. The highest BCUT2D eigenvalue weighted by Gasteiger charge is 2.72. The van der Waals surface area contributed by atoms with E-state index in [-0.39, 0.29) is 29.2 Å². The molecule has 7 heteroatoms. The molecule has 2 aliphatic carbocycles. The van der Waals surface area contributed by atoms with Gasteiger partial charge in [-0.3, -0.25) is 9.63 Å². The molecule has 0 radical (unpaired) electrons. The minimum Gasteiger partial charge on any atom is -0.296 e. The number of aryl methyl sites for hydroxylation is 1. The molecule has 1 aliphatic heterocycles. The summed E-state index contributed by atoms with van der Waals surface area (Å²) in [6.45, 7) is 10.6. The first-order chi connectivity index (χ1) is 17.1. The van der Waals surface area contributed by atoms with Crippen molar-refractivity contribution in [3.8, 4) is 0 Å². The number of benzene rings is 2. The van der Waals surface area contributed by atoms with Gasteiger partial charge in [-0.1, -0.05) is 74.5 Å². The van der Waals surface area contributed by atoms with Gasteiger partial charge in [-0.15, -0.1) is 6.58 Å². The van der Waals surface area contributed by atoms with Gasteiger partial charge in [0.25, 0.3) is 5.91 Å². The summed E-state index contributed by atoms with van der Waals surface area (Å²) in [5, 5.41) is 0. The lowest BCUT2D eigenvalue weighted by Gasteiger charge is -2.38. The lowest BCUT2D eigenvalue weighted by atomic mass is 9.69. The first-order valence-corrected chi connectivity index (χ1v) is 14.4. The SMILES string of the molecule is C=C[C@@H](c1ccccc1C)[C@H](NOCc1ccccc1)C(=O)N1[C@@H]2C[C@H]3CC[C@]2(CS1(=O)=O)C3(C)C. The molecule has 2 saturated carbocycles. The normalized spacial score (nSPS) is 29.0. The van der Waals surface area contributed by atoms with Crippen molar-refractivity contribution in [3.05, 3.63) is 83.9 Å². The van der Waals surface area contributed by atoms with Crippen molar-refractivity contribution in [3.63, 3.8) is 0 Å². The largest absolute Gasteiger partial charge is 0.296 e. The van der Waals surface area contributed by atoms with Crippen LogP contribution in [0.25, 0.3) is 0 Å². The predicted molar refractivity (Wildman–Crippen MR) is 140 cm³/mol. The van der Waals surface area contributed by atoms with Gasteiger partial charge in [0.1, 0.15) is 6.04 Å². The number of nitrogens with zero attached hydrogens (tertiary/aromatic N) is 1. The van der Waals surface area contributed by atoms with Crippen molar-refractivity contribution in [2.24, 2.45) is 16.7 Å². The van der Waals surface area contributed by atoms with Gasteiger partial charge in [0, 0.05) is 11.3 Å². The Morgan fingerprint density at radius 1 is 1.19 bits per heavy atom. The summed E-state index contributed by atoms with van der Waals surface area (Å²) in [6, 6.07) is 16.2. The van der Waals surface area contributed by atoms with E-state index in [9.17, 15) is 13.2 Å². The van der Waals surface area contributed by atoms with Gasteiger partial charge >= 0.3 is 0 Å². The van der Waals surface area contributed by atoms with Gasteiger partial charge in [0.05, 0.1) is 18.4 Å². The second-order valence-corrected chi connectivity index (χ2v) is 13.1. The molecule has 2 aromatic rings. The highest BCUT2D eigenvalue weighted by atomic mass is 32.2. The van der Waals surface area contributed by atoms with E-state index in [1.165, 1.54) is 4.31 Å². The van der Waals surface area contributed by atoms with Crippen LogP contribution in [0.15, 0.2) is 67.3 Å². The second-order valence-electron chi connectivity index (χ2n) is 11.2. The number of nitrogens with one attached hydrogen (secondary N) is 1. The van der Waals surface area contributed by atoms with Gasteiger partial charge in [0.2, 0.25) is 10.0 Å². The third kappa shape index (κ3) is 3.83. The summed E-state index contributed by atoms with van der Waals surface area (Å²) in [7, 11) is -3.76. The smallest absolute Gasteiger partial charge is 0.256 e. The van der Waals surface area contributed by atoms with Crippen molar-refractivity contribution in [1.82, 2.24) is 9.79 Å². The number of hydroxylamine groups is 1. The maximum atomic E-state index is 14.3. The van der Waals surface area contributed by atoms with E-state index in [1.54, 1.807) is 6.08 Å². The van der Waals surface area contributed by atoms with E-state index in [2.05, 4.69) is 25.9 Å². The molecule has 3 aliphatic rings. The van der Waals surface area contributed by atoms with Gasteiger partial charge in [-0.2, -0.15) is 5.48 Å². The molecule has 6 nitrogen and oxygen atoms in total. The molecule has 2 bridgehead atoms. The van der Waals surface area contributed by atoms with Crippen LogP contribution in [0.4, 0.5) is 0 Å². The van der Waals surface area contributed by atoms with E-state index in [4.69, 9.17) is 4.84 Å². The van der Waals surface area contributed by atoms with Crippen LogP contribution in [0, 0.1) is 23.7 Å². The van der Waals surface area contributed by atoms with Crippen LogP contribution < -0.4 is 5.48 Å². The van der Waals surface area contributed by atoms with Crippen LogP contribution in [-0.4, -0.2) is 36.5 Å². The Morgan fingerprint density at radius 2 is 1.89 bits per heavy atom. The van der Waals surface area contributed by atoms with E-state index in [0.29, 0.717) is 5.92 Å². The summed E-state index contributed by atoms with van der Waals surface area (Å²) in [6.07, 6.45) is 4.33. The quantitative estimate of drug-likeness (QED) is 0.412. The van der Waals surface area contributed by atoms with Crippen molar-refractivity contribution < 1.29 is 18.0 Å². The molecule has 1 N–H and O–H groups in total. The number of hydrogen-bond donors (Lipinski definition) is 1. The molecular weight excluding hydrogens is 472 g/mol. The lowest BCUT2D eigenvalue weighted by molar-refractivity contribution is -0.136. The number of sulfonamides is 1. The molecule has 0 aromatic heterocycles. The number of fused-ring (bicyclic) bond motifs is 1. The van der Waals surface area contributed by atoms with E-state index < -0.39 is 27.9 Å². The summed E-state index contributed by atoms with van der Waals surface area (Å²) in [5.74, 6) is -0.449. The number of amides is 1. The molecule has 1 saturated heterocycles. The Labute approximate surface area is 214 Å². The van der Waals surface area contributed by atoms with Crippen LogP contribution in [0.1, 0.15) is 55.7 Å². The van der Waals surface area contributed by atoms with Gasteiger partial charge < -0.3 is 0 Å². The van der Waals surface area contributed by atoms with Crippen molar-refractivity contribution >= 4 is 15.9 Å². The topological polar surface area (TPSA) is 75.7 Å². The Balaban J connectivity index is 1.49. The third-order valence-electron chi connectivity index (χ3n) is 9.35. The van der Waals surface area contributed by atoms with E-state index >= 15 is 0 Å². The average molecular weight is 509 g/mol. The molecule has 5 atom stereocenters. The molecule has 1 amide bonds. The van der Waals surface area contributed by atoms with E-state index in [0.717, 1.165) is 36.0 Å². The molecule has 0 unspecified atom stereocenters. The number of rotatable bonds is 8. The average Bonchev–Trinajstić information content (AvgIpc) is 3.33. The molecule has 1 spiro atoms. The van der Waals surface area contributed by atoms with Crippen LogP contribution in [0.5, 0.6) is 0 Å². The van der Waals surface area contributed by atoms with Crippen molar-refractivity contribution in [2.45, 2.75) is 64.6 Å². The Bertz CT molecular complexity index is 1260. The van der Waals surface area contributed by atoms with Crippen molar-refractivity contribution in [2.75, 3.05) is 5.75 Å². The minimum absolute atomic E-state index is 0.0423. The molecule has 192 valence electrons. The zero-order chi connectivity index (χ0) is 25.7. The Morgan fingerprint density at radius 3 is 2.56 bits per heavy atom. The van der Waals surface area contributed by atoms with Crippen LogP contribution in [-0.2, 0) is 26.3 Å². The zero-order valence-electron chi connectivity index (χ0n) is 21.3. The molecule has 5 rings (SSSR count). The summed E-state index contributed by atoms with van der Waals surface area (Å²) in [5.41, 5.74) is 5.36. The lowest BCUT2D eigenvalue weighted by Crippen LogP contribution is -2.53. The molecule has 1 heterocycles.